The van der Waals surface area contributed by atoms with Crippen molar-refractivity contribution in [1.29, 1.82) is 0 Å². The van der Waals surface area contributed by atoms with Gasteiger partial charge >= 0.3 is 5.97 Å². The van der Waals surface area contributed by atoms with Crippen molar-refractivity contribution in [2.75, 3.05) is 20.3 Å². The van der Waals surface area contributed by atoms with Crippen molar-refractivity contribution in [1.82, 2.24) is 10.3 Å². The van der Waals surface area contributed by atoms with Gasteiger partial charge in [0, 0.05) is 34.5 Å². The number of esters is 1. The Balaban J connectivity index is 1.43. The van der Waals surface area contributed by atoms with Crippen LogP contribution in [-0.2, 0) is 30.2 Å². The lowest BCUT2D eigenvalue weighted by atomic mass is 9.78. The molecule has 0 aliphatic carbocycles. The van der Waals surface area contributed by atoms with Gasteiger partial charge in [0.15, 0.2) is 6.29 Å². The minimum atomic E-state index is -1.62. The Morgan fingerprint density at radius 3 is 2.72 bits per heavy atom. The Hall–Kier alpha value is -2.97. The maximum absolute atomic E-state index is 12.8. The number of carbonyl (C=O) groups is 1. The van der Waals surface area contributed by atoms with Crippen molar-refractivity contribution < 1.29 is 49.3 Å². The number of H-pyrrole nitrogens is 1. The number of aliphatic hydroxyl groups is 4. The number of phenols is 1. The first-order chi connectivity index (χ1) is 18.8. The minimum absolute atomic E-state index is 0.180. The van der Waals surface area contributed by atoms with Crippen LogP contribution < -0.4 is 5.32 Å². The number of methoxy groups -OCH3 is 1. The predicted octanol–water partition coefficient (Wildman–Crippen LogP) is 0.0985. The number of hydrogen-bond acceptors (Lipinski definition) is 11. The molecular formula is C27H34N2O10. The number of ether oxygens (including phenoxy) is 4. The van der Waals surface area contributed by atoms with Gasteiger partial charge in [-0.3, -0.25) is 0 Å². The molecule has 3 aliphatic heterocycles. The van der Waals surface area contributed by atoms with E-state index < -0.39 is 61.4 Å². The van der Waals surface area contributed by atoms with Gasteiger partial charge in [0.05, 0.1) is 25.6 Å². The number of aromatic amines is 1. The summed E-state index contributed by atoms with van der Waals surface area (Å²) in [5.74, 6) is -1.51. The summed E-state index contributed by atoms with van der Waals surface area (Å²) in [6.07, 6.45) is -4.40. The van der Waals surface area contributed by atoms with Crippen LogP contribution in [0, 0.1) is 11.8 Å². The molecule has 7 N–H and O–H groups in total. The van der Waals surface area contributed by atoms with Crippen LogP contribution in [0.2, 0.25) is 0 Å². The molecule has 4 heterocycles. The van der Waals surface area contributed by atoms with Gasteiger partial charge in [0.1, 0.15) is 30.2 Å². The molecule has 0 unspecified atom stereocenters. The number of aromatic nitrogens is 1. The third-order valence-corrected chi connectivity index (χ3v) is 7.84. The third-order valence-electron chi connectivity index (χ3n) is 7.84. The average molecular weight is 547 g/mol. The lowest BCUT2D eigenvalue weighted by Gasteiger charge is -2.43. The summed E-state index contributed by atoms with van der Waals surface area (Å²) < 4.78 is 22.2. The Labute approximate surface area is 224 Å². The molecule has 0 radical (unpaired) electrons. The van der Waals surface area contributed by atoms with Gasteiger partial charge in [0.25, 0.3) is 0 Å². The third kappa shape index (κ3) is 5.05. The van der Waals surface area contributed by atoms with E-state index in [1.54, 1.807) is 18.2 Å². The fourth-order valence-corrected chi connectivity index (χ4v) is 5.78. The summed E-state index contributed by atoms with van der Waals surface area (Å²) in [7, 11) is 1.28. The molecule has 5 rings (SSSR count). The van der Waals surface area contributed by atoms with Crippen molar-refractivity contribution in [2.45, 2.75) is 55.9 Å². The van der Waals surface area contributed by atoms with E-state index in [9.17, 15) is 30.3 Å². The zero-order valence-corrected chi connectivity index (χ0v) is 21.4. The normalized spacial score (nSPS) is 34.6. The van der Waals surface area contributed by atoms with Crippen LogP contribution in [0.3, 0.4) is 0 Å². The van der Waals surface area contributed by atoms with E-state index in [4.69, 9.17) is 18.9 Å². The van der Waals surface area contributed by atoms with Gasteiger partial charge in [0.2, 0.25) is 6.29 Å². The zero-order chi connectivity index (χ0) is 27.8. The maximum atomic E-state index is 12.8. The molecule has 0 saturated carbocycles. The summed E-state index contributed by atoms with van der Waals surface area (Å²) in [6.45, 7) is 4.01. The highest BCUT2D eigenvalue weighted by Crippen LogP contribution is 2.42. The molecule has 2 aromatic rings. The first-order valence-corrected chi connectivity index (χ1v) is 12.9. The fraction of sp³-hybridized carbons (Fsp3) is 0.519. The molecule has 39 heavy (non-hydrogen) atoms. The monoisotopic (exact) mass is 546 g/mol. The summed E-state index contributed by atoms with van der Waals surface area (Å²) in [4.78, 5) is 16.2. The number of carbonyl (C=O) groups excluding carboxylic acids is 1. The number of rotatable bonds is 7. The first kappa shape index (κ1) is 27.6. The second-order valence-corrected chi connectivity index (χ2v) is 10.1. The van der Waals surface area contributed by atoms with Crippen LogP contribution in [-0.4, -0.2) is 93.7 Å². The Kier molecular flexibility index (Phi) is 7.96. The zero-order valence-electron chi connectivity index (χ0n) is 21.4. The number of nitrogens with one attached hydrogen (secondary N) is 2. The van der Waals surface area contributed by atoms with Crippen LogP contribution in [0.15, 0.2) is 42.7 Å². The van der Waals surface area contributed by atoms with Gasteiger partial charge in [-0.15, -0.1) is 6.58 Å². The summed E-state index contributed by atoms with van der Waals surface area (Å²) in [5, 5.41) is 54.7. The molecule has 1 aromatic carbocycles. The minimum Gasteiger partial charge on any atom is -0.508 e. The number of aromatic hydroxyl groups is 1. The smallest absolute Gasteiger partial charge is 0.337 e. The van der Waals surface area contributed by atoms with Crippen LogP contribution >= 0.6 is 0 Å². The van der Waals surface area contributed by atoms with Crippen molar-refractivity contribution >= 4 is 16.9 Å². The van der Waals surface area contributed by atoms with Crippen LogP contribution in [0.4, 0.5) is 0 Å². The highest BCUT2D eigenvalue weighted by molar-refractivity contribution is 5.89. The van der Waals surface area contributed by atoms with Crippen molar-refractivity contribution in [3.63, 3.8) is 0 Å². The van der Waals surface area contributed by atoms with Gasteiger partial charge < -0.3 is 54.8 Å². The molecular weight excluding hydrogens is 512 g/mol. The van der Waals surface area contributed by atoms with Crippen molar-refractivity contribution in [3.05, 3.63) is 53.9 Å². The molecule has 0 amide bonds. The lowest BCUT2D eigenvalue weighted by Crippen LogP contribution is -2.60. The Morgan fingerprint density at radius 2 is 2.00 bits per heavy atom. The molecule has 12 heteroatoms. The van der Waals surface area contributed by atoms with E-state index in [2.05, 4.69) is 16.9 Å². The first-order valence-electron chi connectivity index (χ1n) is 12.9. The number of fused-ring (bicyclic) bond motifs is 3. The van der Waals surface area contributed by atoms with Crippen molar-refractivity contribution in [3.8, 4) is 5.75 Å². The molecule has 9 atom stereocenters. The van der Waals surface area contributed by atoms with E-state index in [-0.39, 0.29) is 17.4 Å². The number of hydrogen-bond donors (Lipinski definition) is 7. The fourth-order valence-electron chi connectivity index (χ4n) is 5.78. The van der Waals surface area contributed by atoms with Crippen LogP contribution in [0.1, 0.15) is 23.7 Å². The molecule has 3 aliphatic rings. The highest BCUT2D eigenvalue weighted by Gasteiger charge is 2.48. The lowest BCUT2D eigenvalue weighted by molar-refractivity contribution is -0.339. The summed E-state index contributed by atoms with van der Waals surface area (Å²) in [6, 6.07) is 4.98. The Bertz CT molecular complexity index is 1240. The number of phenolic OH excluding ortho intramolecular Hbond substituents is 1. The van der Waals surface area contributed by atoms with E-state index in [1.807, 2.05) is 6.07 Å². The maximum Gasteiger partial charge on any atom is 0.337 e. The highest BCUT2D eigenvalue weighted by atomic mass is 16.8. The van der Waals surface area contributed by atoms with Gasteiger partial charge in [-0.1, -0.05) is 6.08 Å². The molecule has 0 bridgehead atoms. The number of benzene rings is 1. The number of aliphatic hydroxyl groups excluding tert-OH is 4. The van der Waals surface area contributed by atoms with E-state index >= 15 is 0 Å². The molecule has 1 saturated heterocycles. The van der Waals surface area contributed by atoms with Gasteiger partial charge in [-0.25, -0.2) is 4.79 Å². The topological polar surface area (TPSA) is 183 Å². The molecule has 1 fully saturated rings. The van der Waals surface area contributed by atoms with Gasteiger partial charge in [-0.05, 0) is 43.1 Å². The SMILES string of the molecule is C=C[C@H]1[C@H](O[C@@H]2O[C@H](CO)[C@@H](O)[C@H](O)[C@H]2O)OC=C(C(=O)OC)[C@H]1C[C@@H]1NCCc2c1[nH]c1ccc(O)cc21. The van der Waals surface area contributed by atoms with E-state index in [0.717, 1.165) is 28.6 Å². The summed E-state index contributed by atoms with van der Waals surface area (Å²) >= 11 is 0. The van der Waals surface area contributed by atoms with Crippen molar-refractivity contribution in [2.24, 2.45) is 11.8 Å². The molecule has 1 aromatic heterocycles. The average Bonchev–Trinajstić information content (AvgIpc) is 3.31. The Morgan fingerprint density at radius 1 is 1.21 bits per heavy atom. The summed E-state index contributed by atoms with van der Waals surface area (Å²) in [5.41, 5.74) is 3.21. The largest absolute Gasteiger partial charge is 0.508 e. The second kappa shape index (κ2) is 11.3. The molecule has 212 valence electrons. The molecule has 12 nitrogen and oxygen atoms in total. The van der Waals surface area contributed by atoms with E-state index in [0.29, 0.717) is 13.0 Å². The van der Waals surface area contributed by atoms with Crippen LogP contribution in [0.25, 0.3) is 10.9 Å². The quantitative estimate of drug-likeness (QED) is 0.185. The van der Waals surface area contributed by atoms with Crippen LogP contribution in [0.5, 0.6) is 5.75 Å². The van der Waals surface area contributed by atoms with E-state index in [1.165, 1.54) is 13.4 Å². The molecule has 0 spiro atoms. The van der Waals surface area contributed by atoms with Gasteiger partial charge in [-0.2, -0.15) is 0 Å². The second-order valence-electron chi connectivity index (χ2n) is 10.1. The standard InChI is InChI=1S/C27H34N2O10/c1-3-13-15(9-19-21-14(6-7-28-19)16-8-12(31)4-5-18(16)29-21)17(25(35)36-2)11-37-26(13)39-27-24(34)23(33)22(32)20(10-30)38-27/h3-5,8,11,13,15,19-20,22-24,26-34H,1,6-7,9-10H2,2H3/t13-,15+,19+,20-,22-,23+,24-,26+,27+/m1/s1. The predicted molar refractivity (Wildman–Crippen MR) is 136 cm³/mol.